The number of para-hydroxylation sites is 1. The number of hydrogen-bond donors (Lipinski definition) is 2. The molecule has 0 fully saturated rings. The number of aliphatic hydroxyl groups excluding tert-OH is 1. The van der Waals surface area contributed by atoms with E-state index in [9.17, 15) is 5.11 Å². The van der Waals surface area contributed by atoms with Gasteiger partial charge in [-0.05, 0) is 29.3 Å². The summed E-state index contributed by atoms with van der Waals surface area (Å²) >= 11 is 0. The first-order valence-corrected chi connectivity index (χ1v) is 9.73. The number of aliphatic hydroxyl groups is 1. The fraction of sp³-hybridized carbons (Fsp3) is 0.200. The van der Waals surface area contributed by atoms with Crippen molar-refractivity contribution in [2.45, 2.75) is 6.10 Å². The van der Waals surface area contributed by atoms with Crippen molar-refractivity contribution in [2.24, 2.45) is 0 Å². The summed E-state index contributed by atoms with van der Waals surface area (Å²) in [4.78, 5) is 0. The van der Waals surface area contributed by atoms with Crippen molar-refractivity contribution < 1.29 is 14.6 Å². The smallest absolute Gasteiger partial charge is 0.126 e. The fourth-order valence-corrected chi connectivity index (χ4v) is 2.97. The molecular weight excluding hydrogens is 362 g/mol. The van der Waals surface area contributed by atoms with Crippen molar-refractivity contribution in [1.29, 1.82) is 0 Å². The van der Waals surface area contributed by atoms with Crippen molar-refractivity contribution in [1.82, 2.24) is 5.32 Å². The Labute approximate surface area is 172 Å². The van der Waals surface area contributed by atoms with E-state index in [1.54, 1.807) is 7.11 Å². The van der Waals surface area contributed by atoms with Crippen LogP contribution in [0.5, 0.6) is 11.5 Å². The van der Waals surface area contributed by atoms with Gasteiger partial charge in [-0.15, -0.1) is 0 Å². The summed E-state index contributed by atoms with van der Waals surface area (Å²) in [5, 5.41) is 13.4. The Hall–Kier alpha value is -3.08. The van der Waals surface area contributed by atoms with E-state index < -0.39 is 6.10 Å². The zero-order chi connectivity index (χ0) is 20.3. The van der Waals surface area contributed by atoms with Gasteiger partial charge in [0.05, 0.1) is 7.11 Å². The van der Waals surface area contributed by atoms with Crippen LogP contribution in [0.15, 0.2) is 84.9 Å². The number of hydrogen-bond acceptors (Lipinski definition) is 4. The van der Waals surface area contributed by atoms with Crippen LogP contribution in [0.25, 0.3) is 17.2 Å². The molecule has 2 N–H and O–H groups in total. The first kappa shape index (κ1) is 20.6. The molecule has 0 saturated carbocycles. The van der Waals surface area contributed by atoms with Crippen LogP contribution >= 0.6 is 0 Å². The van der Waals surface area contributed by atoms with Crippen LogP contribution in [0, 0.1) is 0 Å². The summed E-state index contributed by atoms with van der Waals surface area (Å²) in [7, 11) is 1.66. The monoisotopic (exact) mass is 389 g/mol. The minimum atomic E-state index is -0.588. The summed E-state index contributed by atoms with van der Waals surface area (Å²) in [5.41, 5.74) is 3.26. The van der Waals surface area contributed by atoms with Crippen molar-refractivity contribution >= 4 is 6.08 Å². The minimum absolute atomic E-state index is 0.238. The molecule has 1 atom stereocenters. The number of ether oxygens (including phenoxy) is 2. The van der Waals surface area contributed by atoms with Gasteiger partial charge in [0.2, 0.25) is 0 Å². The molecule has 0 saturated heterocycles. The molecule has 4 heteroatoms. The van der Waals surface area contributed by atoms with Gasteiger partial charge in [0, 0.05) is 18.7 Å². The van der Waals surface area contributed by atoms with E-state index in [0.29, 0.717) is 13.1 Å². The van der Waals surface area contributed by atoms with Crippen molar-refractivity contribution in [2.75, 3.05) is 26.8 Å². The fourth-order valence-electron chi connectivity index (χ4n) is 2.97. The topological polar surface area (TPSA) is 50.7 Å². The van der Waals surface area contributed by atoms with Crippen LogP contribution in [0.1, 0.15) is 5.56 Å². The van der Waals surface area contributed by atoms with Crippen LogP contribution in [0.3, 0.4) is 0 Å². The van der Waals surface area contributed by atoms with Crippen LogP contribution < -0.4 is 14.8 Å². The van der Waals surface area contributed by atoms with Gasteiger partial charge in [-0.1, -0.05) is 72.8 Å². The molecule has 0 aliphatic heterocycles. The Morgan fingerprint density at radius 1 is 0.931 bits per heavy atom. The quantitative estimate of drug-likeness (QED) is 0.505. The summed E-state index contributed by atoms with van der Waals surface area (Å²) in [6.07, 6.45) is 3.42. The van der Waals surface area contributed by atoms with Crippen LogP contribution in [-0.4, -0.2) is 38.0 Å². The molecule has 29 heavy (non-hydrogen) atoms. The van der Waals surface area contributed by atoms with E-state index in [1.165, 1.54) is 0 Å². The van der Waals surface area contributed by atoms with Crippen molar-refractivity contribution in [3.63, 3.8) is 0 Å². The van der Waals surface area contributed by atoms with Gasteiger partial charge in [0.1, 0.15) is 24.2 Å². The van der Waals surface area contributed by atoms with Gasteiger partial charge in [-0.3, -0.25) is 0 Å². The molecule has 0 aromatic heterocycles. The normalized spacial score (nSPS) is 12.1. The molecule has 0 aliphatic carbocycles. The highest BCUT2D eigenvalue weighted by Gasteiger charge is 2.05. The van der Waals surface area contributed by atoms with E-state index >= 15 is 0 Å². The van der Waals surface area contributed by atoms with Crippen LogP contribution in [0.4, 0.5) is 0 Å². The highest BCUT2D eigenvalue weighted by atomic mass is 16.5. The first-order valence-electron chi connectivity index (χ1n) is 9.73. The lowest BCUT2D eigenvalue weighted by molar-refractivity contribution is 0.107. The average molecular weight is 389 g/mol. The number of methoxy groups -OCH3 is 1. The second-order valence-corrected chi connectivity index (χ2v) is 6.66. The molecule has 0 amide bonds. The summed E-state index contributed by atoms with van der Waals surface area (Å²) in [6.45, 7) is 1.34. The van der Waals surface area contributed by atoms with E-state index in [1.807, 2.05) is 78.9 Å². The molecule has 3 aromatic carbocycles. The number of rotatable bonds is 10. The molecule has 1 unspecified atom stereocenters. The van der Waals surface area contributed by atoms with Crippen LogP contribution in [0.2, 0.25) is 0 Å². The summed E-state index contributed by atoms with van der Waals surface area (Å²) < 4.78 is 11.1. The number of benzene rings is 3. The van der Waals surface area contributed by atoms with E-state index in [4.69, 9.17) is 9.47 Å². The molecule has 150 valence electrons. The molecule has 0 heterocycles. The number of nitrogens with one attached hydrogen (secondary N) is 1. The largest absolute Gasteiger partial charge is 0.496 e. The lowest BCUT2D eigenvalue weighted by Gasteiger charge is -2.13. The molecule has 4 nitrogen and oxygen atoms in total. The van der Waals surface area contributed by atoms with Gasteiger partial charge in [-0.2, -0.15) is 0 Å². The predicted molar refractivity (Wildman–Crippen MR) is 118 cm³/mol. The minimum Gasteiger partial charge on any atom is -0.496 e. The zero-order valence-electron chi connectivity index (χ0n) is 16.6. The Bertz CT molecular complexity index is 909. The Kier molecular flexibility index (Phi) is 7.87. The molecule has 0 aliphatic rings. The maximum absolute atomic E-state index is 10.2. The highest BCUT2D eigenvalue weighted by molar-refractivity contribution is 5.64. The zero-order valence-corrected chi connectivity index (χ0v) is 16.6. The second-order valence-electron chi connectivity index (χ2n) is 6.66. The van der Waals surface area contributed by atoms with Gasteiger partial charge in [0.15, 0.2) is 0 Å². The lowest BCUT2D eigenvalue weighted by Crippen LogP contribution is -2.31. The summed E-state index contributed by atoms with van der Waals surface area (Å²) in [5.74, 6) is 1.59. The third kappa shape index (κ3) is 6.49. The Balaban J connectivity index is 1.41. The van der Waals surface area contributed by atoms with E-state index in [-0.39, 0.29) is 6.61 Å². The highest BCUT2D eigenvalue weighted by Crippen LogP contribution is 2.23. The van der Waals surface area contributed by atoms with Crippen molar-refractivity contribution in [3.8, 4) is 22.6 Å². The summed E-state index contributed by atoms with van der Waals surface area (Å²) in [6, 6.07) is 25.9. The van der Waals surface area contributed by atoms with E-state index in [2.05, 4.69) is 17.4 Å². The molecule has 0 spiro atoms. The Morgan fingerprint density at radius 2 is 1.69 bits per heavy atom. The van der Waals surface area contributed by atoms with Crippen molar-refractivity contribution in [3.05, 3.63) is 90.5 Å². The van der Waals surface area contributed by atoms with Crippen LogP contribution in [-0.2, 0) is 0 Å². The molecule has 0 radical (unpaired) electrons. The molecule has 3 rings (SSSR count). The SMILES string of the molecule is COc1ccccc1C=CCNCC(O)COc1cccc(-c2ccccc2)c1. The van der Waals surface area contributed by atoms with E-state index in [0.717, 1.165) is 28.2 Å². The van der Waals surface area contributed by atoms with Gasteiger partial charge in [0.25, 0.3) is 0 Å². The second kappa shape index (κ2) is 11.1. The third-order valence-corrected chi connectivity index (χ3v) is 4.46. The van der Waals surface area contributed by atoms with Gasteiger partial charge in [-0.25, -0.2) is 0 Å². The Morgan fingerprint density at radius 3 is 2.52 bits per heavy atom. The van der Waals surface area contributed by atoms with Gasteiger partial charge >= 0.3 is 0 Å². The van der Waals surface area contributed by atoms with Gasteiger partial charge < -0.3 is 19.9 Å². The average Bonchev–Trinajstić information content (AvgIpc) is 2.78. The lowest BCUT2D eigenvalue weighted by atomic mass is 10.1. The maximum Gasteiger partial charge on any atom is 0.126 e. The maximum atomic E-state index is 10.2. The first-order chi connectivity index (χ1) is 14.3. The third-order valence-electron chi connectivity index (χ3n) is 4.46. The molecular formula is C25H27NO3. The molecule has 3 aromatic rings. The predicted octanol–water partition coefficient (Wildman–Crippen LogP) is 4.40. The standard InChI is InChI=1S/C25H27NO3/c1-28-25-15-6-5-11-21(25)13-8-16-26-18-23(27)19-29-24-14-7-12-22(17-24)20-9-3-2-4-10-20/h2-15,17,23,26-27H,16,18-19H2,1H3. The molecule has 0 bridgehead atoms.